The Hall–Kier alpha value is -4.46. The third-order valence-corrected chi connectivity index (χ3v) is 8.37. The molecular formula is C33H30F2N4O2. The van der Waals surface area contributed by atoms with Gasteiger partial charge in [0.1, 0.15) is 23.1 Å². The molecule has 0 atom stereocenters. The number of ether oxygens (including phenoxy) is 2. The third kappa shape index (κ3) is 4.57. The number of methoxy groups -OCH3 is 2. The van der Waals surface area contributed by atoms with Crippen molar-refractivity contribution in [2.45, 2.75) is 31.6 Å². The molecule has 208 valence electrons. The molecule has 0 saturated carbocycles. The van der Waals surface area contributed by atoms with Gasteiger partial charge in [0, 0.05) is 53.1 Å². The maximum Gasteiger partial charge on any atom is 0.126 e. The van der Waals surface area contributed by atoms with E-state index in [-0.39, 0.29) is 5.92 Å². The van der Waals surface area contributed by atoms with Crippen LogP contribution in [0.3, 0.4) is 0 Å². The van der Waals surface area contributed by atoms with Crippen molar-refractivity contribution < 1.29 is 18.3 Å². The van der Waals surface area contributed by atoms with Gasteiger partial charge in [-0.1, -0.05) is 0 Å². The standard InChI is InChI=1S/C33H30F2N4O2/c1-40-22-3-5-24-26-7-9-36-30(32(26)38-28(24)16-22)13-19(18-11-20(34)15-21(35)12-18)14-31-33-27(8-10-37-31)25-6-4-23(41-2)17-29(25)39-33/h3-6,11-12,15-17,19,38-39H,7-10,13-14H2,1-2H3. The molecule has 0 radical (unpaired) electrons. The fourth-order valence-corrected chi connectivity index (χ4v) is 6.42. The Labute approximate surface area is 236 Å². The summed E-state index contributed by atoms with van der Waals surface area (Å²) < 4.78 is 39.9. The largest absolute Gasteiger partial charge is 0.497 e. The monoisotopic (exact) mass is 552 g/mol. The van der Waals surface area contributed by atoms with E-state index in [0.29, 0.717) is 31.5 Å². The van der Waals surface area contributed by atoms with Crippen LogP contribution in [0.2, 0.25) is 0 Å². The number of benzene rings is 3. The predicted octanol–water partition coefficient (Wildman–Crippen LogP) is 6.90. The lowest BCUT2D eigenvalue weighted by Crippen LogP contribution is -2.20. The van der Waals surface area contributed by atoms with Gasteiger partial charge in [0.25, 0.3) is 0 Å². The van der Waals surface area contributed by atoms with Crippen molar-refractivity contribution in [1.82, 2.24) is 9.97 Å². The van der Waals surface area contributed by atoms with Crippen molar-refractivity contribution >= 4 is 33.2 Å². The van der Waals surface area contributed by atoms with Crippen LogP contribution < -0.4 is 9.47 Å². The van der Waals surface area contributed by atoms with Crippen molar-refractivity contribution in [3.05, 3.63) is 94.3 Å². The van der Waals surface area contributed by atoms with Gasteiger partial charge in [-0.05, 0) is 84.7 Å². The highest BCUT2D eigenvalue weighted by atomic mass is 19.1. The van der Waals surface area contributed by atoms with E-state index in [4.69, 9.17) is 19.5 Å². The van der Waals surface area contributed by atoms with Crippen LogP contribution in [0.5, 0.6) is 11.5 Å². The van der Waals surface area contributed by atoms with Gasteiger partial charge in [0.05, 0.1) is 37.0 Å². The van der Waals surface area contributed by atoms with Crippen molar-refractivity contribution in [3.8, 4) is 11.5 Å². The van der Waals surface area contributed by atoms with Gasteiger partial charge in [-0.3, -0.25) is 9.98 Å². The second-order valence-corrected chi connectivity index (χ2v) is 10.7. The fourth-order valence-electron chi connectivity index (χ4n) is 6.42. The predicted molar refractivity (Wildman–Crippen MR) is 158 cm³/mol. The van der Waals surface area contributed by atoms with Crippen LogP contribution in [0.25, 0.3) is 21.8 Å². The average molecular weight is 553 g/mol. The molecule has 5 aromatic rings. The lowest BCUT2D eigenvalue weighted by molar-refractivity contribution is 0.415. The second-order valence-electron chi connectivity index (χ2n) is 10.7. The van der Waals surface area contributed by atoms with Gasteiger partial charge >= 0.3 is 0 Å². The third-order valence-electron chi connectivity index (χ3n) is 8.37. The van der Waals surface area contributed by atoms with Crippen molar-refractivity contribution in [3.63, 3.8) is 0 Å². The highest BCUT2D eigenvalue weighted by Crippen LogP contribution is 2.36. The number of aliphatic imine (C=N–C) groups is 2. The first-order chi connectivity index (χ1) is 20.0. The van der Waals surface area contributed by atoms with E-state index in [0.717, 1.165) is 75.0 Å². The molecule has 2 N–H and O–H groups in total. The van der Waals surface area contributed by atoms with Gasteiger partial charge in [-0.25, -0.2) is 8.78 Å². The van der Waals surface area contributed by atoms with E-state index in [1.165, 1.54) is 23.3 Å². The molecule has 2 aliphatic heterocycles. The van der Waals surface area contributed by atoms with Crippen molar-refractivity contribution in [1.29, 1.82) is 0 Å². The molecule has 2 aromatic heterocycles. The van der Waals surface area contributed by atoms with Crippen LogP contribution >= 0.6 is 0 Å². The highest BCUT2D eigenvalue weighted by Gasteiger charge is 2.28. The lowest BCUT2D eigenvalue weighted by Gasteiger charge is -2.23. The molecule has 0 saturated heterocycles. The minimum atomic E-state index is -0.585. The number of rotatable bonds is 7. The topological polar surface area (TPSA) is 74.8 Å². The Morgan fingerprint density at radius 2 is 1.20 bits per heavy atom. The molecule has 6 nitrogen and oxygen atoms in total. The molecule has 0 spiro atoms. The zero-order chi connectivity index (χ0) is 28.1. The van der Waals surface area contributed by atoms with Crippen LogP contribution in [-0.2, 0) is 12.8 Å². The Morgan fingerprint density at radius 3 is 1.66 bits per heavy atom. The Morgan fingerprint density at radius 1 is 0.707 bits per heavy atom. The smallest absolute Gasteiger partial charge is 0.126 e. The van der Waals surface area contributed by atoms with E-state index in [9.17, 15) is 8.78 Å². The van der Waals surface area contributed by atoms with Crippen LogP contribution in [0.15, 0.2) is 64.6 Å². The zero-order valence-corrected chi connectivity index (χ0v) is 23.0. The summed E-state index contributed by atoms with van der Waals surface area (Å²) in [5.74, 6) is 0.155. The van der Waals surface area contributed by atoms with Gasteiger partial charge in [-0.15, -0.1) is 0 Å². The summed E-state index contributed by atoms with van der Waals surface area (Å²) in [5, 5.41) is 2.30. The first-order valence-electron chi connectivity index (χ1n) is 13.9. The van der Waals surface area contributed by atoms with E-state index in [1.807, 2.05) is 24.3 Å². The van der Waals surface area contributed by atoms with Crippen molar-refractivity contribution in [2.75, 3.05) is 27.3 Å². The number of fused-ring (bicyclic) bond motifs is 6. The van der Waals surface area contributed by atoms with Gasteiger partial charge < -0.3 is 19.4 Å². The molecule has 41 heavy (non-hydrogen) atoms. The minimum absolute atomic E-state index is 0.239. The first-order valence-corrected chi connectivity index (χ1v) is 13.9. The Bertz CT molecular complexity index is 1740. The molecule has 0 amide bonds. The van der Waals surface area contributed by atoms with E-state index in [2.05, 4.69) is 22.1 Å². The number of aromatic nitrogens is 2. The molecule has 0 unspecified atom stereocenters. The molecular weight excluding hydrogens is 522 g/mol. The Kier molecular flexibility index (Phi) is 6.33. The number of hydrogen-bond acceptors (Lipinski definition) is 4. The zero-order valence-electron chi connectivity index (χ0n) is 23.0. The SMILES string of the molecule is COc1ccc2c3c([nH]c2c1)C(CC(CC1=NCCc2c1[nH]c1cc(OC)ccc21)c1cc(F)cc(F)c1)=NCC3. The quantitative estimate of drug-likeness (QED) is 0.231. The first kappa shape index (κ1) is 25.5. The highest BCUT2D eigenvalue weighted by molar-refractivity contribution is 6.09. The molecule has 0 bridgehead atoms. The van der Waals surface area contributed by atoms with Crippen molar-refractivity contribution in [2.24, 2.45) is 9.98 Å². The summed E-state index contributed by atoms with van der Waals surface area (Å²) in [7, 11) is 3.31. The maximum absolute atomic E-state index is 14.5. The number of aromatic amines is 2. The van der Waals surface area contributed by atoms with Crippen LogP contribution in [0.1, 0.15) is 46.8 Å². The minimum Gasteiger partial charge on any atom is -0.497 e. The summed E-state index contributed by atoms with van der Waals surface area (Å²) in [6.07, 6.45) is 2.70. The summed E-state index contributed by atoms with van der Waals surface area (Å²) in [6, 6.07) is 15.9. The average Bonchev–Trinajstić information content (AvgIpc) is 3.54. The van der Waals surface area contributed by atoms with Gasteiger partial charge in [0.15, 0.2) is 0 Å². The van der Waals surface area contributed by atoms with Gasteiger partial charge in [-0.2, -0.15) is 0 Å². The molecule has 4 heterocycles. The summed E-state index contributed by atoms with van der Waals surface area (Å²) in [4.78, 5) is 17.0. The van der Waals surface area contributed by atoms with Crippen LogP contribution in [-0.4, -0.2) is 48.7 Å². The molecule has 0 aliphatic carbocycles. The molecule has 7 rings (SSSR count). The lowest BCUT2D eigenvalue weighted by atomic mass is 9.84. The Balaban J connectivity index is 1.28. The van der Waals surface area contributed by atoms with Gasteiger partial charge in [0.2, 0.25) is 0 Å². The van der Waals surface area contributed by atoms with Crippen LogP contribution in [0.4, 0.5) is 8.78 Å². The maximum atomic E-state index is 14.5. The van der Waals surface area contributed by atoms with Crippen LogP contribution in [0, 0.1) is 11.6 Å². The summed E-state index contributed by atoms with van der Waals surface area (Å²) in [5.41, 5.74) is 8.83. The van der Waals surface area contributed by atoms with E-state index in [1.54, 1.807) is 14.2 Å². The van der Waals surface area contributed by atoms with E-state index >= 15 is 0 Å². The normalized spacial score (nSPS) is 14.7. The number of nitrogens with one attached hydrogen (secondary N) is 2. The molecule has 2 aliphatic rings. The molecule has 8 heteroatoms. The molecule has 3 aromatic carbocycles. The number of nitrogens with zero attached hydrogens (tertiary/aromatic N) is 2. The fraction of sp³-hybridized carbons (Fsp3) is 0.273. The van der Waals surface area contributed by atoms with E-state index < -0.39 is 11.6 Å². The number of hydrogen-bond donors (Lipinski definition) is 2. The summed E-state index contributed by atoms with van der Waals surface area (Å²) >= 11 is 0. The second kappa shape index (κ2) is 10.2. The summed E-state index contributed by atoms with van der Waals surface area (Å²) in [6.45, 7) is 1.33. The number of H-pyrrole nitrogens is 2. The molecule has 0 fully saturated rings. The number of halogens is 2.